The van der Waals surface area contributed by atoms with E-state index < -0.39 is 0 Å². The Labute approximate surface area is 185 Å². The molecule has 1 aliphatic heterocycles. The predicted molar refractivity (Wildman–Crippen MR) is 123 cm³/mol. The number of carbonyl (C=O) groups excluding carboxylic acids is 2. The topological polar surface area (TPSA) is 61.4 Å². The van der Waals surface area contributed by atoms with Gasteiger partial charge in [-0.15, -0.1) is 11.3 Å². The molecule has 5 nitrogen and oxygen atoms in total. The number of carbonyl (C=O) groups is 2. The zero-order valence-electron chi connectivity index (χ0n) is 17.7. The fourth-order valence-corrected chi connectivity index (χ4v) is 5.31. The minimum atomic E-state index is -0.333. The minimum Gasteiger partial charge on any atom is -0.349 e. The van der Waals surface area contributed by atoms with E-state index in [1.165, 1.54) is 23.5 Å². The van der Waals surface area contributed by atoms with Crippen LogP contribution in [0.4, 0.5) is 10.1 Å². The van der Waals surface area contributed by atoms with Crippen molar-refractivity contribution in [1.29, 1.82) is 0 Å². The summed E-state index contributed by atoms with van der Waals surface area (Å²) in [4.78, 5) is 28.2. The third-order valence-electron chi connectivity index (χ3n) is 5.44. The highest BCUT2D eigenvalue weighted by Gasteiger charge is 2.31. The van der Waals surface area contributed by atoms with Crippen molar-refractivity contribution in [3.63, 3.8) is 0 Å². The van der Waals surface area contributed by atoms with Crippen LogP contribution < -0.4 is 10.6 Å². The number of amides is 2. The van der Waals surface area contributed by atoms with Crippen LogP contribution in [-0.4, -0.2) is 42.4 Å². The highest BCUT2D eigenvalue weighted by Crippen LogP contribution is 2.40. The van der Waals surface area contributed by atoms with Crippen LogP contribution in [-0.2, 0) is 4.79 Å². The second-order valence-electron chi connectivity index (χ2n) is 8.24. The molecule has 0 spiro atoms. The molecule has 3 aromatic rings. The molecule has 2 N–H and O–H groups in total. The zero-order chi connectivity index (χ0) is 22.0. The van der Waals surface area contributed by atoms with E-state index in [4.69, 9.17) is 0 Å². The first-order valence-corrected chi connectivity index (χ1v) is 11.3. The number of rotatable bonds is 6. The monoisotopic (exact) mass is 439 g/mol. The van der Waals surface area contributed by atoms with Crippen molar-refractivity contribution in [2.24, 2.45) is 0 Å². The number of hydrogen-bond acceptors (Lipinski definition) is 4. The van der Waals surface area contributed by atoms with Crippen molar-refractivity contribution in [3.05, 3.63) is 64.8 Å². The average Bonchev–Trinajstić information content (AvgIpc) is 3.33. The first-order valence-electron chi connectivity index (χ1n) is 10.5. The standard InChI is InChI=1S/C24H26FN3O2S/c1-15(2)26-24(30)23-22(19-5-3-4-6-20(19)31-23)16-11-12-28(13-16)14-21(29)27-18-9-7-17(25)8-10-18/h3-10,15-16H,11-14H2,1-2H3,(H,26,30)(H,27,29)/t16-/m1/s1. The van der Waals surface area contributed by atoms with Crippen LogP contribution in [0.2, 0.25) is 0 Å². The van der Waals surface area contributed by atoms with Gasteiger partial charge < -0.3 is 10.6 Å². The Morgan fingerprint density at radius 3 is 2.65 bits per heavy atom. The second-order valence-corrected chi connectivity index (χ2v) is 9.30. The lowest BCUT2D eigenvalue weighted by atomic mass is 9.95. The molecule has 0 aliphatic carbocycles. The number of anilines is 1. The highest BCUT2D eigenvalue weighted by molar-refractivity contribution is 7.21. The summed E-state index contributed by atoms with van der Waals surface area (Å²) in [5.74, 6) is -0.290. The molecule has 1 saturated heterocycles. The number of benzene rings is 2. The van der Waals surface area contributed by atoms with Gasteiger partial charge in [-0.25, -0.2) is 4.39 Å². The summed E-state index contributed by atoms with van der Waals surface area (Å²) in [6.45, 7) is 5.70. The molecule has 0 saturated carbocycles. The van der Waals surface area contributed by atoms with Gasteiger partial charge in [-0.3, -0.25) is 14.5 Å². The molecule has 2 heterocycles. The normalized spacial score (nSPS) is 16.7. The first kappa shape index (κ1) is 21.5. The largest absolute Gasteiger partial charge is 0.349 e. The Kier molecular flexibility index (Phi) is 6.34. The van der Waals surface area contributed by atoms with E-state index in [1.807, 2.05) is 26.0 Å². The number of halogens is 1. The van der Waals surface area contributed by atoms with E-state index in [9.17, 15) is 14.0 Å². The van der Waals surface area contributed by atoms with Gasteiger partial charge in [-0.1, -0.05) is 18.2 Å². The Balaban J connectivity index is 1.49. The lowest BCUT2D eigenvalue weighted by Crippen LogP contribution is -2.32. The predicted octanol–water partition coefficient (Wildman–Crippen LogP) is 4.61. The SMILES string of the molecule is CC(C)NC(=O)c1sc2ccccc2c1[C@@H]1CCN(CC(=O)Nc2ccc(F)cc2)C1. The molecule has 1 aliphatic rings. The summed E-state index contributed by atoms with van der Waals surface area (Å²) in [6.07, 6.45) is 0.895. The quantitative estimate of drug-likeness (QED) is 0.590. The molecule has 1 fully saturated rings. The lowest BCUT2D eigenvalue weighted by molar-refractivity contribution is -0.117. The van der Waals surface area contributed by atoms with E-state index in [1.54, 1.807) is 12.1 Å². The number of fused-ring (bicyclic) bond motifs is 1. The van der Waals surface area contributed by atoms with Crippen molar-refractivity contribution in [3.8, 4) is 0 Å². The molecular weight excluding hydrogens is 413 g/mol. The van der Waals surface area contributed by atoms with Crippen molar-refractivity contribution in [1.82, 2.24) is 10.2 Å². The summed E-state index contributed by atoms with van der Waals surface area (Å²) in [5.41, 5.74) is 1.68. The molecule has 0 radical (unpaired) electrons. The van der Waals surface area contributed by atoms with Gasteiger partial charge in [0.2, 0.25) is 5.91 Å². The molecule has 1 atom stereocenters. The Bertz CT molecular complexity index is 1090. The molecule has 2 aromatic carbocycles. The maximum Gasteiger partial charge on any atom is 0.261 e. The van der Waals surface area contributed by atoms with Crippen molar-refractivity contribution >= 4 is 38.9 Å². The van der Waals surface area contributed by atoms with Crippen molar-refractivity contribution in [2.45, 2.75) is 32.2 Å². The van der Waals surface area contributed by atoms with Crippen LogP contribution in [0.3, 0.4) is 0 Å². The summed E-state index contributed by atoms with van der Waals surface area (Å²) in [6, 6.07) is 14.0. The van der Waals surface area contributed by atoms with Gasteiger partial charge in [0.05, 0.1) is 11.4 Å². The second kappa shape index (κ2) is 9.16. The maximum atomic E-state index is 13.1. The van der Waals surface area contributed by atoms with Crippen LogP contribution in [0, 0.1) is 5.82 Å². The summed E-state index contributed by atoms with van der Waals surface area (Å²) in [7, 11) is 0. The molecular formula is C24H26FN3O2S. The molecule has 162 valence electrons. The van der Waals surface area contributed by atoms with Gasteiger partial charge in [0.1, 0.15) is 5.82 Å². The molecule has 1 aromatic heterocycles. The van der Waals surface area contributed by atoms with Gasteiger partial charge >= 0.3 is 0 Å². The summed E-state index contributed by atoms with van der Waals surface area (Å²) < 4.78 is 14.2. The molecule has 2 amide bonds. The molecule has 7 heteroatoms. The van der Waals surface area contributed by atoms with E-state index in [-0.39, 0.29) is 36.1 Å². The highest BCUT2D eigenvalue weighted by atomic mass is 32.1. The Morgan fingerprint density at radius 2 is 1.90 bits per heavy atom. The molecule has 4 rings (SSSR count). The minimum absolute atomic E-state index is 0.0290. The van der Waals surface area contributed by atoms with Gasteiger partial charge in [0.15, 0.2) is 0 Å². The maximum absolute atomic E-state index is 13.1. The van der Waals surface area contributed by atoms with Crippen LogP contribution in [0.5, 0.6) is 0 Å². The smallest absolute Gasteiger partial charge is 0.261 e. The van der Waals surface area contributed by atoms with Gasteiger partial charge in [0.25, 0.3) is 5.91 Å². The molecule has 0 unspecified atom stereocenters. The Hall–Kier alpha value is -2.77. The first-order chi connectivity index (χ1) is 14.9. The van der Waals surface area contributed by atoms with Crippen LogP contribution >= 0.6 is 11.3 Å². The van der Waals surface area contributed by atoms with E-state index >= 15 is 0 Å². The van der Waals surface area contributed by atoms with Crippen molar-refractivity contribution in [2.75, 3.05) is 25.0 Å². The third kappa shape index (κ3) is 4.94. The summed E-state index contributed by atoms with van der Waals surface area (Å²) >= 11 is 1.54. The van der Waals surface area contributed by atoms with Gasteiger partial charge in [0, 0.05) is 28.9 Å². The molecule has 31 heavy (non-hydrogen) atoms. The number of thiophene rings is 1. The van der Waals surface area contributed by atoms with Gasteiger partial charge in [-0.2, -0.15) is 0 Å². The van der Waals surface area contributed by atoms with E-state index in [0.29, 0.717) is 5.69 Å². The fraction of sp³-hybridized carbons (Fsp3) is 0.333. The van der Waals surface area contributed by atoms with Crippen LogP contribution in [0.15, 0.2) is 48.5 Å². The van der Waals surface area contributed by atoms with Crippen LogP contribution in [0.25, 0.3) is 10.1 Å². The van der Waals surface area contributed by atoms with E-state index in [2.05, 4.69) is 27.7 Å². The third-order valence-corrected chi connectivity index (χ3v) is 6.62. The average molecular weight is 440 g/mol. The van der Waals surface area contributed by atoms with Crippen LogP contribution in [0.1, 0.15) is 41.4 Å². The Morgan fingerprint density at radius 1 is 1.16 bits per heavy atom. The number of likely N-dealkylation sites (tertiary alicyclic amines) is 1. The number of hydrogen-bond donors (Lipinski definition) is 2. The van der Waals surface area contributed by atoms with Crippen molar-refractivity contribution < 1.29 is 14.0 Å². The lowest BCUT2D eigenvalue weighted by Gasteiger charge is -2.17. The summed E-state index contributed by atoms with van der Waals surface area (Å²) in [5, 5.41) is 6.97. The number of nitrogens with zero attached hydrogens (tertiary/aromatic N) is 1. The van der Waals surface area contributed by atoms with Gasteiger partial charge in [-0.05, 0) is 68.1 Å². The fourth-order valence-electron chi connectivity index (χ4n) is 4.12. The zero-order valence-corrected chi connectivity index (χ0v) is 18.5. The van der Waals surface area contributed by atoms with E-state index in [0.717, 1.165) is 40.0 Å². The number of nitrogens with one attached hydrogen (secondary N) is 2. The molecule has 0 bridgehead atoms.